The maximum atomic E-state index is 12.3. The number of benzene rings is 1. The summed E-state index contributed by atoms with van der Waals surface area (Å²) in [5, 5.41) is 9.07. The molecule has 0 aromatic heterocycles. The van der Waals surface area contributed by atoms with Crippen LogP contribution in [0.1, 0.15) is 22.7 Å². The van der Waals surface area contributed by atoms with Gasteiger partial charge in [-0.3, -0.25) is 0 Å². The second kappa shape index (κ2) is 4.43. The number of nitrogens with two attached hydrogens (primary N) is 1. The monoisotopic (exact) mass is 233 g/mol. The van der Waals surface area contributed by atoms with Crippen molar-refractivity contribution < 1.29 is 18.3 Å². The van der Waals surface area contributed by atoms with Crippen LogP contribution >= 0.6 is 0 Å². The lowest BCUT2D eigenvalue weighted by atomic mass is 9.94. The Kier molecular flexibility index (Phi) is 3.60. The normalized spacial score (nSPS) is 15.9. The minimum absolute atomic E-state index is 0.324. The van der Waals surface area contributed by atoms with Gasteiger partial charge in [0.2, 0.25) is 0 Å². The van der Waals surface area contributed by atoms with Gasteiger partial charge in [0, 0.05) is 0 Å². The Balaban J connectivity index is 3.06. The Bertz CT molecular complexity index is 376. The van der Waals surface area contributed by atoms with Crippen LogP contribution in [0.4, 0.5) is 13.2 Å². The van der Waals surface area contributed by atoms with Gasteiger partial charge in [-0.1, -0.05) is 18.2 Å². The molecule has 1 rings (SSSR count). The van der Waals surface area contributed by atoms with E-state index in [0.717, 1.165) is 5.56 Å². The van der Waals surface area contributed by atoms with Gasteiger partial charge < -0.3 is 10.8 Å². The second-order valence-electron chi connectivity index (χ2n) is 3.80. The molecule has 16 heavy (non-hydrogen) atoms. The molecule has 0 unspecified atom stereocenters. The molecule has 0 saturated carbocycles. The van der Waals surface area contributed by atoms with Crippen LogP contribution in [0.25, 0.3) is 0 Å². The summed E-state index contributed by atoms with van der Waals surface area (Å²) in [5.41, 5.74) is 7.28. The molecule has 3 N–H and O–H groups in total. The number of aliphatic hydroxyl groups is 1. The van der Waals surface area contributed by atoms with Crippen molar-refractivity contribution in [3.05, 3.63) is 34.9 Å². The molecule has 0 fully saturated rings. The number of alkyl halides is 3. The van der Waals surface area contributed by atoms with Crippen LogP contribution in [-0.4, -0.2) is 17.4 Å². The third-order valence-corrected chi connectivity index (χ3v) is 2.68. The van der Waals surface area contributed by atoms with Crippen molar-refractivity contribution in [1.29, 1.82) is 0 Å². The Labute approximate surface area is 91.9 Å². The topological polar surface area (TPSA) is 46.2 Å². The van der Waals surface area contributed by atoms with E-state index >= 15 is 0 Å². The molecule has 0 spiro atoms. The van der Waals surface area contributed by atoms with Crippen LogP contribution < -0.4 is 5.73 Å². The SMILES string of the molecule is Cc1cccc([C@@H](N)[C@@H](O)C(F)(F)F)c1C. The minimum Gasteiger partial charge on any atom is -0.382 e. The van der Waals surface area contributed by atoms with Crippen LogP contribution in [0.5, 0.6) is 0 Å². The highest BCUT2D eigenvalue weighted by molar-refractivity contribution is 5.35. The minimum atomic E-state index is -4.70. The first-order chi connectivity index (χ1) is 7.25. The van der Waals surface area contributed by atoms with Gasteiger partial charge in [0.05, 0.1) is 6.04 Å². The van der Waals surface area contributed by atoms with Gasteiger partial charge in [0.1, 0.15) is 0 Å². The molecule has 0 aliphatic carbocycles. The van der Waals surface area contributed by atoms with Gasteiger partial charge in [0.15, 0.2) is 6.10 Å². The Morgan fingerprint density at radius 1 is 1.25 bits per heavy atom. The summed E-state index contributed by atoms with van der Waals surface area (Å²) >= 11 is 0. The first kappa shape index (κ1) is 13.0. The molecule has 5 heteroatoms. The summed E-state index contributed by atoms with van der Waals surface area (Å²) < 4.78 is 36.9. The maximum Gasteiger partial charge on any atom is 0.416 e. The average molecular weight is 233 g/mol. The molecule has 0 aliphatic rings. The molecule has 0 amide bonds. The summed E-state index contributed by atoms with van der Waals surface area (Å²) in [4.78, 5) is 0. The van der Waals surface area contributed by atoms with Crippen LogP contribution in [0.3, 0.4) is 0 Å². The zero-order valence-electron chi connectivity index (χ0n) is 9.05. The van der Waals surface area contributed by atoms with Gasteiger partial charge in [0.25, 0.3) is 0 Å². The largest absolute Gasteiger partial charge is 0.416 e. The van der Waals surface area contributed by atoms with E-state index in [-0.39, 0.29) is 0 Å². The number of halogens is 3. The number of hydrogen-bond acceptors (Lipinski definition) is 2. The van der Waals surface area contributed by atoms with Gasteiger partial charge in [-0.2, -0.15) is 13.2 Å². The Hall–Kier alpha value is -1.07. The lowest BCUT2D eigenvalue weighted by molar-refractivity contribution is -0.210. The molecule has 90 valence electrons. The fourth-order valence-electron chi connectivity index (χ4n) is 1.51. The zero-order valence-corrected chi connectivity index (χ0v) is 9.05. The van der Waals surface area contributed by atoms with E-state index in [1.165, 1.54) is 6.07 Å². The van der Waals surface area contributed by atoms with Gasteiger partial charge in [-0.15, -0.1) is 0 Å². The highest BCUT2D eigenvalue weighted by Gasteiger charge is 2.43. The first-order valence-electron chi connectivity index (χ1n) is 4.81. The summed E-state index contributed by atoms with van der Waals surface area (Å²) in [6.07, 6.45) is -7.23. The molecule has 0 radical (unpaired) electrons. The summed E-state index contributed by atoms with van der Waals surface area (Å²) in [5.74, 6) is 0. The van der Waals surface area contributed by atoms with E-state index in [2.05, 4.69) is 0 Å². The highest BCUT2D eigenvalue weighted by Crippen LogP contribution is 2.30. The molecular formula is C11H14F3NO. The fraction of sp³-hybridized carbons (Fsp3) is 0.455. The van der Waals surface area contributed by atoms with Crippen molar-refractivity contribution in [3.63, 3.8) is 0 Å². The third kappa shape index (κ3) is 2.54. The van der Waals surface area contributed by atoms with Crippen LogP contribution in [-0.2, 0) is 0 Å². The first-order valence-corrected chi connectivity index (χ1v) is 4.81. The van der Waals surface area contributed by atoms with E-state index in [4.69, 9.17) is 10.8 Å². The van der Waals surface area contributed by atoms with Crippen LogP contribution in [0.15, 0.2) is 18.2 Å². The molecule has 1 aromatic carbocycles. The second-order valence-corrected chi connectivity index (χ2v) is 3.80. The lowest BCUT2D eigenvalue weighted by Gasteiger charge is -2.23. The molecule has 0 aliphatic heterocycles. The van der Waals surface area contributed by atoms with E-state index in [1.807, 2.05) is 0 Å². The van der Waals surface area contributed by atoms with Crippen molar-refractivity contribution in [1.82, 2.24) is 0 Å². The number of aryl methyl sites for hydroxylation is 1. The molecule has 2 nitrogen and oxygen atoms in total. The summed E-state index contributed by atoms with van der Waals surface area (Å²) in [6.45, 7) is 3.47. The van der Waals surface area contributed by atoms with E-state index in [1.54, 1.807) is 26.0 Å². The molecule has 0 saturated heterocycles. The van der Waals surface area contributed by atoms with E-state index in [9.17, 15) is 13.2 Å². The van der Waals surface area contributed by atoms with Gasteiger partial charge in [-0.25, -0.2) is 0 Å². The Morgan fingerprint density at radius 2 is 1.81 bits per heavy atom. The molecule has 1 aromatic rings. The fourth-order valence-corrected chi connectivity index (χ4v) is 1.51. The molecule has 0 heterocycles. The Morgan fingerprint density at radius 3 is 2.31 bits per heavy atom. The van der Waals surface area contributed by atoms with Gasteiger partial charge in [-0.05, 0) is 30.5 Å². The molecule has 0 bridgehead atoms. The summed E-state index contributed by atoms with van der Waals surface area (Å²) in [7, 11) is 0. The van der Waals surface area contributed by atoms with Crippen molar-refractivity contribution in [2.75, 3.05) is 0 Å². The number of hydrogen-bond donors (Lipinski definition) is 2. The molecule has 2 atom stereocenters. The number of aliphatic hydroxyl groups excluding tert-OH is 1. The van der Waals surface area contributed by atoms with Crippen molar-refractivity contribution in [2.45, 2.75) is 32.2 Å². The van der Waals surface area contributed by atoms with Gasteiger partial charge >= 0.3 is 6.18 Å². The quantitative estimate of drug-likeness (QED) is 0.822. The predicted octanol–water partition coefficient (Wildman–Crippen LogP) is 2.23. The van der Waals surface area contributed by atoms with E-state index in [0.29, 0.717) is 11.1 Å². The summed E-state index contributed by atoms with van der Waals surface area (Å²) in [6, 6.07) is 3.47. The highest BCUT2D eigenvalue weighted by atomic mass is 19.4. The van der Waals surface area contributed by atoms with Crippen molar-refractivity contribution in [2.24, 2.45) is 5.73 Å². The average Bonchev–Trinajstić information content (AvgIpc) is 2.18. The van der Waals surface area contributed by atoms with Crippen molar-refractivity contribution in [3.8, 4) is 0 Å². The predicted molar refractivity (Wildman–Crippen MR) is 54.9 cm³/mol. The lowest BCUT2D eigenvalue weighted by Crippen LogP contribution is -2.39. The standard InChI is InChI=1S/C11H14F3NO/c1-6-4-3-5-8(7(6)2)9(15)10(16)11(12,13)14/h3-5,9-10,16H,15H2,1-2H3/t9-,10-/m1/s1. The third-order valence-electron chi connectivity index (χ3n) is 2.68. The molecular weight excluding hydrogens is 219 g/mol. The van der Waals surface area contributed by atoms with Crippen LogP contribution in [0.2, 0.25) is 0 Å². The zero-order chi connectivity index (χ0) is 12.5. The smallest absolute Gasteiger partial charge is 0.382 e. The van der Waals surface area contributed by atoms with Crippen molar-refractivity contribution >= 4 is 0 Å². The van der Waals surface area contributed by atoms with E-state index < -0.39 is 18.3 Å². The number of rotatable bonds is 2. The maximum absolute atomic E-state index is 12.3. The van der Waals surface area contributed by atoms with Crippen LogP contribution in [0, 0.1) is 13.8 Å².